The summed E-state index contributed by atoms with van der Waals surface area (Å²) in [5, 5.41) is 2.46. The van der Waals surface area contributed by atoms with Gasteiger partial charge in [-0.15, -0.1) is 0 Å². The number of aryl methyl sites for hydroxylation is 1. The van der Waals surface area contributed by atoms with E-state index >= 15 is 0 Å². The van der Waals surface area contributed by atoms with Crippen molar-refractivity contribution in [2.75, 3.05) is 0 Å². The van der Waals surface area contributed by atoms with Crippen LogP contribution < -0.4 is 5.32 Å². The summed E-state index contributed by atoms with van der Waals surface area (Å²) in [7, 11) is 0. The van der Waals surface area contributed by atoms with Crippen molar-refractivity contribution < 1.29 is 14.3 Å². The van der Waals surface area contributed by atoms with Crippen molar-refractivity contribution in [3.63, 3.8) is 0 Å². The van der Waals surface area contributed by atoms with E-state index in [2.05, 4.69) is 5.32 Å². The average Bonchev–Trinajstić information content (AvgIpc) is 2.57. The maximum atomic E-state index is 10.8. The molecule has 0 bridgehead atoms. The Hall–Kier alpha value is -1.84. The van der Waals surface area contributed by atoms with Crippen LogP contribution in [0, 0.1) is 0 Å². The molecule has 1 atom stereocenters. The van der Waals surface area contributed by atoms with Gasteiger partial charge in [0.25, 0.3) is 0 Å². The van der Waals surface area contributed by atoms with Crippen LogP contribution in [0.4, 0.5) is 0 Å². The van der Waals surface area contributed by atoms with E-state index in [9.17, 15) is 9.59 Å². The molecule has 1 aliphatic heterocycles. The van der Waals surface area contributed by atoms with Gasteiger partial charge in [0.15, 0.2) is 6.23 Å². The molecule has 1 N–H and O–H groups in total. The summed E-state index contributed by atoms with van der Waals surface area (Å²) in [6.45, 7) is 0. The van der Waals surface area contributed by atoms with Crippen LogP contribution in [-0.2, 0) is 20.7 Å². The molecular weight excluding hydrogens is 194 g/mol. The summed E-state index contributed by atoms with van der Waals surface area (Å²) in [5.74, 6) is -1.43. The van der Waals surface area contributed by atoms with Crippen LogP contribution in [0.15, 0.2) is 30.3 Å². The molecule has 4 heteroatoms. The van der Waals surface area contributed by atoms with Crippen molar-refractivity contribution in [2.45, 2.75) is 19.1 Å². The van der Waals surface area contributed by atoms with Gasteiger partial charge in [0, 0.05) is 6.42 Å². The van der Waals surface area contributed by atoms with Crippen LogP contribution in [0.5, 0.6) is 0 Å². The van der Waals surface area contributed by atoms with Gasteiger partial charge < -0.3 is 10.1 Å². The molecule has 1 aliphatic rings. The van der Waals surface area contributed by atoms with Crippen LogP contribution in [-0.4, -0.2) is 18.1 Å². The van der Waals surface area contributed by atoms with Gasteiger partial charge >= 0.3 is 11.9 Å². The Labute approximate surface area is 87.2 Å². The van der Waals surface area contributed by atoms with Crippen molar-refractivity contribution in [3.05, 3.63) is 35.9 Å². The van der Waals surface area contributed by atoms with Crippen molar-refractivity contribution in [1.29, 1.82) is 0 Å². The smallest absolute Gasteiger partial charge is 0.398 e. The molecule has 2 rings (SSSR count). The third-order valence-corrected chi connectivity index (χ3v) is 2.26. The van der Waals surface area contributed by atoms with Gasteiger partial charge in [-0.1, -0.05) is 30.3 Å². The lowest BCUT2D eigenvalue weighted by molar-refractivity contribution is -0.149. The Bertz CT molecular complexity index is 359. The van der Waals surface area contributed by atoms with Gasteiger partial charge in [-0.2, -0.15) is 0 Å². The molecule has 1 aromatic rings. The predicted molar refractivity (Wildman–Crippen MR) is 52.8 cm³/mol. The molecule has 0 spiro atoms. The van der Waals surface area contributed by atoms with Crippen LogP contribution in [0.3, 0.4) is 0 Å². The normalized spacial score (nSPS) is 19.9. The zero-order valence-electron chi connectivity index (χ0n) is 8.10. The largest absolute Gasteiger partial charge is 0.435 e. The van der Waals surface area contributed by atoms with Gasteiger partial charge in [-0.25, -0.2) is 4.79 Å². The number of nitrogens with one attached hydrogen (secondary N) is 1. The fourth-order valence-electron chi connectivity index (χ4n) is 1.49. The zero-order chi connectivity index (χ0) is 10.7. The van der Waals surface area contributed by atoms with Crippen molar-refractivity contribution >= 4 is 11.9 Å². The Morgan fingerprint density at radius 1 is 1.20 bits per heavy atom. The summed E-state index contributed by atoms with van der Waals surface area (Å²) in [6, 6.07) is 9.85. The van der Waals surface area contributed by atoms with Gasteiger partial charge in [0.1, 0.15) is 0 Å². The molecule has 1 aromatic carbocycles. The standard InChI is InChI=1S/C11H11NO3/c13-10-11(14)15-9(12-10)7-6-8-4-2-1-3-5-8/h1-5,9H,6-7H2,(H,12,13). The molecule has 1 heterocycles. The molecule has 0 aromatic heterocycles. The number of hydrogen-bond donors (Lipinski definition) is 1. The molecule has 4 nitrogen and oxygen atoms in total. The van der Waals surface area contributed by atoms with Crippen LogP contribution in [0.2, 0.25) is 0 Å². The fourth-order valence-corrected chi connectivity index (χ4v) is 1.49. The van der Waals surface area contributed by atoms with Crippen LogP contribution in [0.1, 0.15) is 12.0 Å². The number of cyclic esters (lactones) is 1. The number of benzene rings is 1. The summed E-state index contributed by atoms with van der Waals surface area (Å²) in [6.07, 6.45) is 0.922. The lowest BCUT2D eigenvalue weighted by atomic mass is 10.1. The second-order valence-electron chi connectivity index (χ2n) is 3.39. The van der Waals surface area contributed by atoms with Crippen molar-refractivity contribution in [2.24, 2.45) is 0 Å². The van der Waals surface area contributed by atoms with Gasteiger partial charge in [0.05, 0.1) is 0 Å². The number of amides is 1. The van der Waals surface area contributed by atoms with Crippen LogP contribution in [0.25, 0.3) is 0 Å². The molecule has 0 radical (unpaired) electrons. The van der Waals surface area contributed by atoms with Gasteiger partial charge in [0.2, 0.25) is 0 Å². The molecule has 1 fully saturated rings. The fraction of sp³-hybridized carbons (Fsp3) is 0.273. The SMILES string of the molecule is O=C1NC(CCc2ccccc2)OC1=O. The molecule has 0 aliphatic carbocycles. The van der Waals surface area contributed by atoms with Crippen molar-refractivity contribution in [1.82, 2.24) is 5.32 Å². The molecule has 15 heavy (non-hydrogen) atoms. The highest BCUT2D eigenvalue weighted by molar-refractivity contribution is 6.34. The predicted octanol–water partition coefficient (Wildman–Crippen LogP) is 0.618. The van der Waals surface area contributed by atoms with Crippen LogP contribution >= 0.6 is 0 Å². The number of carbonyl (C=O) groups is 2. The Morgan fingerprint density at radius 2 is 1.93 bits per heavy atom. The van der Waals surface area contributed by atoms with E-state index in [1.807, 2.05) is 30.3 Å². The molecule has 78 valence electrons. The lowest BCUT2D eigenvalue weighted by Crippen LogP contribution is -2.27. The van der Waals surface area contributed by atoms with Crippen molar-refractivity contribution in [3.8, 4) is 0 Å². The number of ether oxygens (including phenoxy) is 1. The van der Waals surface area contributed by atoms with E-state index in [4.69, 9.17) is 4.74 Å². The Morgan fingerprint density at radius 3 is 2.53 bits per heavy atom. The highest BCUT2D eigenvalue weighted by Crippen LogP contribution is 2.09. The highest BCUT2D eigenvalue weighted by atomic mass is 16.6. The van der Waals surface area contributed by atoms with E-state index < -0.39 is 18.1 Å². The Kier molecular flexibility index (Phi) is 2.67. The summed E-state index contributed by atoms with van der Waals surface area (Å²) < 4.78 is 4.80. The van der Waals surface area contributed by atoms with E-state index in [-0.39, 0.29) is 0 Å². The molecule has 0 saturated carbocycles. The van der Waals surface area contributed by atoms with E-state index in [0.717, 1.165) is 12.0 Å². The summed E-state index contributed by atoms with van der Waals surface area (Å²) >= 11 is 0. The van der Waals surface area contributed by atoms with Gasteiger partial charge in [-0.05, 0) is 12.0 Å². The molecule has 1 saturated heterocycles. The van der Waals surface area contributed by atoms with Gasteiger partial charge in [-0.3, -0.25) is 4.79 Å². The first-order valence-corrected chi connectivity index (χ1v) is 4.81. The van der Waals surface area contributed by atoms with E-state index in [1.54, 1.807) is 0 Å². The maximum absolute atomic E-state index is 10.8. The minimum atomic E-state index is -0.784. The Balaban J connectivity index is 1.85. The first-order valence-electron chi connectivity index (χ1n) is 4.81. The minimum Gasteiger partial charge on any atom is -0.435 e. The van der Waals surface area contributed by atoms with E-state index in [1.165, 1.54) is 0 Å². The second-order valence-corrected chi connectivity index (χ2v) is 3.39. The first-order chi connectivity index (χ1) is 7.25. The minimum absolute atomic E-state index is 0.467. The quantitative estimate of drug-likeness (QED) is 0.581. The topological polar surface area (TPSA) is 55.4 Å². The average molecular weight is 205 g/mol. The number of carbonyl (C=O) groups excluding carboxylic acids is 2. The third kappa shape index (κ3) is 2.34. The lowest BCUT2D eigenvalue weighted by Gasteiger charge is -2.07. The van der Waals surface area contributed by atoms with E-state index in [0.29, 0.717) is 6.42 Å². The second kappa shape index (κ2) is 4.13. The first kappa shape index (κ1) is 9.71. The summed E-state index contributed by atoms with van der Waals surface area (Å²) in [5.41, 5.74) is 1.16. The summed E-state index contributed by atoms with van der Waals surface area (Å²) in [4.78, 5) is 21.6. The number of esters is 1. The number of rotatable bonds is 3. The maximum Gasteiger partial charge on any atom is 0.398 e. The highest BCUT2D eigenvalue weighted by Gasteiger charge is 2.30. The third-order valence-electron chi connectivity index (χ3n) is 2.26. The molecule has 1 amide bonds. The monoisotopic (exact) mass is 205 g/mol. The number of hydrogen-bond acceptors (Lipinski definition) is 3. The zero-order valence-corrected chi connectivity index (χ0v) is 8.10. The molecule has 1 unspecified atom stereocenters. The molecular formula is C11H11NO3.